The second kappa shape index (κ2) is 10.5. The van der Waals surface area contributed by atoms with Gasteiger partial charge >= 0.3 is 17.7 Å². The number of hydrogen-bond acceptors (Lipinski definition) is 3. The summed E-state index contributed by atoms with van der Waals surface area (Å²) in [6, 6.07) is 20.7. The highest BCUT2D eigenvalue weighted by Crippen LogP contribution is 2.35. The average Bonchev–Trinajstić information content (AvgIpc) is 2.82. The van der Waals surface area contributed by atoms with E-state index in [4.69, 9.17) is 4.42 Å². The molecule has 8 heteroatoms. The maximum absolute atomic E-state index is 12.7. The lowest BCUT2D eigenvalue weighted by atomic mass is 9.87. The van der Waals surface area contributed by atoms with Crippen LogP contribution in [0.2, 0.25) is 0 Å². The molecular weight excluding hydrogens is 513 g/mol. The third-order valence-electron chi connectivity index (χ3n) is 5.83. The van der Waals surface area contributed by atoms with Gasteiger partial charge in [0, 0.05) is 12.1 Å². The molecule has 0 unspecified atom stereocenters. The van der Waals surface area contributed by atoms with Crippen molar-refractivity contribution in [2.75, 3.05) is 0 Å². The van der Waals surface area contributed by atoms with E-state index in [0.717, 1.165) is 45.6 Å². The minimum absolute atomic E-state index is 0.184. The van der Waals surface area contributed by atoms with Gasteiger partial charge in [0.05, 0.1) is 21.3 Å². The van der Waals surface area contributed by atoms with Crippen LogP contribution in [0.1, 0.15) is 58.6 Å². The van der Waals surface area contributed by atoms with Gasteiger partial charge in [0.15, 0.2) is 0 Å². The molecule has 0 fully saturated rings. The van der Waals surface area contributed by atoms with Crippen molar-refractivity contribution in [3.8, 4) is 11.1 Å². The number of fused-ring (bicyclic) bond motifs is 1. The molecule has 202 valence electrons. The minimum Gasteiger partial charge on any atom is -0.744 e. The Bertz CT molecular complexity index is 1500. The van der Waals surface area contributed by atoms with Gasteiger partial charge in [0.1, 0.15) is 10.1 Å². The van der Waals surface area contributed by atoms with Crippen molar-refractivity contribution in [1.82, 2.24) is 0 Å². The molecule has 4 nitrogen and oxygen atoms in total. The van der Waals surface area contributed by atoms with Crippen LogP contribution < -0.4 is 0 Å². The van der Waals surface area contributed by atoms with Crippen molar-refractivity contribution in [2.45, 2.75) is 63.4 Å². The van der Waals surface area contributed by atoms with Gasteiger partial charge in [-0.15, -0.1) is 0 Å². The fourth-order valence-corrected chi connectivity index (χ4v) is 4.09. The number of benzene rings is 3. The highest BCUT2D eigenvalue weighted by molar-refractivity contribution is 7.85. The van der Waals surface area contributed by atoms with E-state index in [1.54, 1.807) is 18.2 Å². The first-order chi connectivity index (χ1) is 17.4. The van der Waals surface area contributed by atoms with Crippen molar-refractivity contribution in [3.63, 3.8) is 0 Å². The summed E-state index contributed by atoms with van der Waals surface area (Å²) in [5.41, 5.74) is 0.586. The van der Waals surface area contributed by atoms with Crippen molar-refractivity contribution >= 4 is 20.9 Å². The van der Waals surface area contributed by atoms with E-state index in [2.05, 4.69) is 41.5 Å². The monoisotopic (exact) mass is 544 g/mol. The summed E-state index contributed by atoms with van der Waals surface area (Å²) in [6.07, 6.45) is -4.32. The van der Waals surface area contributed by atoms with E-state index < -0.39 is 21.9 Å². The average molecular weight is 545 g/mol. The number of hydrogen-bond donors (Lipinski definition) is 0. The lowest BCUT2D eigenvalue weighted by Gasteiger charge is -2.15. The topological polar surface area (TPSA) is 68.5 Å². The Hall–Kier alpha value is -3.23. The first kappa shape index (κ1) is 29.3. The molecule has 0 aliphatic rings. The number of halogens is 3. The third kappa shape index (κ3) is 7.42. The zero-order valence-electron chi connectivity index (χ0n) is 22.2. The molecule has 0 atom stereocenters. The van der Waals surface area contributed by atoms with Crippen LogP contribution in [0.4, 0.5) is 13.2 Å². The van der Waals surface area contributed by atoms with E-state index in [9.17, 15) is 26.1 Å². The molecule has 4 rings (SSSR count). The van der Waals surface area contributed by atoms with Gasteiger partial charge in [-0.25, -0.2) is 12.8 Å². The van der Waals surface area contributed by atoms with Crippen LogP contribution in [0.15, 0.2) is 88.2 Å². The first-order valence-corrected chi connectivity index (χ1v) is 13.4. The van der Waals surface area contributed by atoms with Gasteiger partial charge in [-0.1, -0.05) is 42.5 Å². The van der Waals surface area contributed by atoms with Gasteiger partial charge in [-0.3, -0.25) is 0 Å². The number of rotatable bonds is 2. The van der Waals surface area contributed by atoms with Crippen LogP contribution >= 0.6 is 0 Å². The lowest BCUT2D eigenvalue weighted by molar-refractivity contribution is -0.137. The molecule has 38 heavy (non-hydrogen) atoms. The standard InChI is InChI=1S/C20H24F3O.C10H8O3S/c1-18(2,3)16-11-14(12-17(24-16)19(4,5)6)13-7-9-15(10-8-13)20(21,22)23;11-14(12,13)10-6-5-8-3-1-2-4-9(8)7-10/h7-12H,1-6H3;1-7H,(H,11,12,13)/q+1;/p-1. The van der Waals surface area contributed by atoms with Gasteiger partial charge in [0.2, 0.25) is 0 Å². The summed E-state index contributed by atoms with van der Waals surface area (Å²) in [4.78, 5) is -0.184. The Labute approximate surface area is 221 Å². The highest BCUT2D eigenvalue weighted by Gasteiger charge is 2.34. The molecule has 1 aromatic heterocycles. The normalized spacial score (nSPS) is 12.7. The van der Waals surface area contributed by atoms with Crippen LogP contribution in [-0.2, 0) is 27.1 Å². The van der Waals surface area contributed by atoms with Crippen molar-refractivity contribution in [3.05, 3.63) is 95.9 Å². The Morgan fingerprint density at radius 2 is 1.16 bits per heavy atom. The summed E-state index contributed by atoms with van der Waals surface area (Å²) in [5.74, 6) is 1.62. The van der Waals surface area contributed by atoms with Gasteiger partial charge in [0.25, 0.3) is 0 Å². The maximum Gasteiger partial charge on any atom is 0.416 e. The van der Waals surface area contributed by atoms with E-state index >= 15 is 0 Å². The molecule has 0 N–H and O–H groups in total. The van der Waals surface area contributed by atoms with Crippen LogP contribution in [-0.4, -0.2) is 13.0 Å². The molecule has 0 aliphatic heterocycles. The van der Waals surface area contributed by atoms with Gasteiger partial charge in [-0.2, -0.15) is 13.2 Å². The molecule has 0 spiro atoms. The molecular formula is C30H31F3O4S. The fourth-order valence-electron chi connectivity index (χ4n) is 3.58. The maximum atomic E-state index is 12.7. The quantitative estimate of drug-likeness (QED) is 0.187. The van der Waals surface area contributed by atoms with E-state index in [1.807, 2.05) is 24.3 Å². The molecule has 0 bridgehead atoms. The summed E-state index contributed by atoms with van der Waals surface area (Å²) in [6.45, 7) is 12.3. The van der Waals surface area contributed by atoms with Crippen molar-refractivity contribution in [2.24, 2.45) is 0 Å². The zero-order valence-corrected chi connectivity index (χ0v) is 23.0. The molecule has 0 saturated heterocycles. The van der Waals surface area contributed by atoms with Crippen molar-refractivity contribution in [1.29, 1.82) is 0 Å². The first-order valence-electron chi connectivity index (χ1n) is 12.0. The third-order valence-corrected chi connectivity index (χ3v) is 6.66. The Morgan fingerprint density at radius 1 is 0.658 bits per heavy atom. The SMILES string of the molecule is CC(C)(C)c1cc(-c2ccc(C(F)(F)F)cc2)cc(C(C)(C)C)[o+]1.O=S(=O)([O-])c1ccc2ccccc2c1. The summed E-state index contributed by atoms with van der Waals surface area (Å²) < 4.78 is 76.5. The second-order valence-corrected chi connectivity index (χ2v) is 12.5. The predicted molar refractivity (Wildman–Crippen MR) is 143 cm³/mol. The van der Waals surface area contributed by atoms with Crippen LogP contribution in [0.3, 0.4) is 0 Å². The van der Waals surface area contributed by atoms with Crippen LogP contribution in [0, 0.1) is 0 Å². The minimum atomic E-state index is -4.34. The number of alkyl halides is 3. The summed E-state index contributed by atoms with van der Waals surface area (Å²) in [5, 5.41) is 1.67. The molecule has 0 radical (unpaired) electrons. The smallest absolute Gasteiger partial charge is 0.416 e. The second-order valence-electron chi connectivity index (χ2n) is 11.1. The molecule has 0 aliphatic carbocycles. The summed E-state index contributed by atoms with van der Waals surface area (Å²) >= 11 is 0. The van der Waals surface area contributed by atoms with E-state index in [1.165, 1.54) is 24.3 Å². The molecule has 1 heterocycles. The largest absolute Gasteiger partial charge is 0.744 e. The van der Waals surface area contributed by atoms with E-state index in [-0.39, 0.29) is 15.7 Å². The molecule has 0 amide bonds. The van der Waals surface area contributed by atoms with E-state index in [0.29, 0.717) is 0 Å². The summed E-state index contributed by atoms with van der Waals surface area (Å²) in [7, 11) is -4.34. The zero-order chi connectivity index (χ0) is 28.5. The Morgan fingerprint density at radius 3 is 1.61 bits per heavy atom. The predicted octanol–water partition coefficient (Wildman–Crippen LogP) is 8.59. The highest BCUT2D eigenvalue weighted by atomic mass is 32.2. The van der Waals surface area contributed by atoms with Gasteiger partial charge < -0.3 is 4.55 Å². The van der Waals surface area contributed by atoms with Crippen LogP contribution in [0.25, 0.3) is 21.9 Å². The molecule has 0 saturated carbocycles. The molecule has 3 aromatic carbocycles. The lowest BCUT2D eigenvalue weighted by Crippen LogP contribution is -2.16. The van der Waals surface area contributed by atoms with Crippen LogP contribution in [0.5, 0.6) is 0 Å². The Kier molecular flexibility index (Phi) is 8.10. The van der Waals surface area contributed by atoms with Crippen molar-refractivity contribution < 1.29 is 30.6 Å². The Balaban J connectivity index is 0.000000241. The molecule has 4 aromatic rings. The van der Waals surface area contributed by atoms with Gasteiger partial charge in [-0.05, 0) is 87.7 Å². The fraction of sp³-hybridized carbons (Fsp3) is 0.300.